The maximum Gasteiger partial charge on any atom is 0.417 e. The molecule has 5 atom stereocenters. The fourth-order valence-corrected chi connectivity index (χ4v) is 4.87. The fraction of sp³-hybridized carbons (Fsp3) is 0.529. The van der Waals surface area contributed by atoms with E-state index in [0.29, 0.717) is 6.07 Å². The lowest BCUT2D eigenvalue weighted by Gasteiger charge is -2.31. The highest BCUT2D eigenvalue weighted by Gasteiger charge is 2.75. The Hall–Kier alpha value is -1.64. The first kappa shape index (κ1) is 17.8. The summed E-state index contributed by atoms with van der Waals surface area (Å²) < 4.78 is 45.2. The molecular weight excluding hydrogens is 375 g/mol. The number of hydrogen-bond donors (Lipinski definition) is 1. The van der Waals surface area contributed by atoms with Gasteiger partial charge in [-0.25, -0.2) is 4.90 Å². The molecule has 1 aromatic rings. The summed E-state index contributed by atoms with van der Waals surface area (Å²) in [5, 5.41) is 9.75. The van der Waals surface area contributed by atoms with Gasteiger partial charge < -0.3 is 9.84 Å². The number of rotatable bonds is 1. The molecule has 9 heteroatoms. The number of aliphatic hydroxyl groups is 1. The van der Waals surface area contributed by atoms with Gasteiger partial charge in [0, 0.05) is 6.42 Å². The number of fused-ring (bicyclic) bond motifs is 5. The first-order valence-corrected chi connectivity index (χ1v) is 8.41. The molecule has 3 saturated heterocycles. The van der Waals surface area contributed by atoms with E-state index < -0.39 is 57.7 Å². The molecule has 0 spiro atoms. The largest absolute Gasteiger partial charge is 0.417 e. The molecule has 1 aromatic carbocycles. The predicted octanol–water partition coefficient (Wildman–Crippen LogP) is 2.78. The van der Waals surface area contributed by atoms with Crippen molar-refractivity contribution in [3.8, 4) is 0 Å². The second-order valence-corrected chi connectivity index (χ2v) is 7.85. The monoisotopic (exact) mass is 389 g/mol. The molecule has 3 aliphatic heterocycles. The molecule has 0 radical (unpaired) electrons. The Morgan fingerprint density at radius 3 is 2.46 bits per heavy atom. The SMILES string of the molecule is C[C@@]12O[C@](C)(C[C@@H]1O)[C@H]1C(=O)N(c3ccc(Cl)c(C(F)(F)F)c3)C(=O)[C@H]12. The Bertz CT molecular complexity index is 844. The average molecular weight is 390 g/mol. The van der Waals surface area contributed by atoms with Crippen molar-refractivity contribution in [2.75, 3.05) is 4.90 Å². The Balaban J connectivity index is 1.80. The molecular formula is C17H15ClF3NO4. The molecule has 3 heterocycles. The second-order valence-electron chi connectivity index (χ2n) is 7.45. The van der Waals surface area contributed by atoms with Crippen molar-refractivity contribution >= 4 is 29.1 Å². The Morgan fingerprint density at radius 2 is 1.85 bits per heavy atom. The third-order valence-corrected chi connectivity index (χ3v) is 6.14. The number of amides is 2. The smallest absolute Gasteiger partial charge is 0.390 e. The summed E-state index contributed by atoms with van der Waals surface area (Å²) in [6.45, 7) is 3.20. The number of benzene rings is 1. The third-order valence-electron chi connectivity index (χ3n) is 5.81. The van der Waals surface area contributed by atoms with Crippen LogP contribution in [0.15, 0.2) is 18.2 Å². The van der Waals surface area contributed by atoms with E-state index in [1.807, 2.05) is 0 Å². The first-order chi connectivity index (χ1) is 11.9. The normalized spacial score (nSPS) is 39.0. The average Bonchev–Trinajstić information content (AvgIpc) is 3.01. The van der Waals surface area contributed by atoms with Crippen LogP contribution in [0.2, 0.25) is 5.02 Å². The van der Waals surface area contributed by atoms with Gasteiger partial charge in [0.25, 0.3) is 0 Å². The van der Waals surface area contributed by atoms with Crippen molar-refractivity contribution in [2.24, 2.45) is 11.8 Å². The maximum atomic E-state index is 13.1. The summed E-state index contributed by atoms with van der Waals surface area (Å²) in [5.41, 5.74) is -3.57. The Morgan fingerprint density at radius 1 is 1.23 bits per heavy atom. The van der Waals surface area contributed by atoms with Gasteiger partial charge in [-0.15, -0.1) is 0 Å². The summed E-state index contributed by atoms with van der Waals surface area (Å²) in [7, 11) is 0. The second kappa shape index (κ2) is 4.99. The summed E-state index contributed by atoms with van der Waals surface area (Å²) >= 11 is 5.61. The van der Waals surface area contributed by atoms with E-state index in [0.717, 1.165) is 11.0 Å². The number of aliphatic hydroxyl groups excluding tert-OH is 1. The number of carbonyl (C=O) groups is 2. The van der Waals surface area contributed by atoms with Gasteiger partial charge in [0.1, 0.15) is 5.60 Å². The lowest BCUT2D eigenvalue weighted by Crippen LogP contribution is -2.49. The van der Waals surface area contributed by atoms with Gasteiger partial charge in [-0.3, -0.25) is 9.59 Å². The molecule has 5 nitrogen and oxygen atoms in total. The van der Waals surface area contributed by atoms with Crippen LogP contribution in [0, 0.1) is 11.8 Å². The molecule has 2 bridgehead atoms. The van der Waals surface area contributed by atoms with Crippen molar-refractivity contribution < 1.29 is 32.6 Å². The van der Waals surface area contributed by atoms with E-state index in [1.54, 1.807) is 13.8 Å². The first-order valence-electron chi connectivity index (χ1n) is 8.03. The van der Waals surface area contributed by atoms with Crippen LogP contribution >= 0.6 is 11.6 Å². The molecule has 3 aliphatic rings. The minimum atomic E-state index is -4.72. The molecule has 0 unspecified atom stereocenters. The van der Waals surface area contributed by atoms with E-state index in [1.165, 1.54) is 6.07 Å². The summed E-state index contributed by atoms with van der Waals surface area (Å²) in [4.78, 5) is 26.6. The molecule has 2 amide bonds. The number of hydrogen-bond acceptors (Lipinski definition) is 4. The highest BCUT2D eigenvalue weighted by Crippen LogP contribution is 2.61. The molecule has 140 valence electrons. The van der Waals surface area contributed by atoms with Gasteiger partial charge in [0.05, 0.1) is 39.8 Å². The lowest BCUT2D eigenvalue weighted by atomic mass is 9.67. The summed E-state index contributed by atoms with van der Waals surface area (Å²) in [6, 6.07) is 2.92. The zero-order valence-electron chi connectivity index (χ0n) is 13.8. The topological polar surface area (TPSA) is 66.8 Å². The maximum absolute atomic E-state index is 13.1. The van der Waals surface area contributed by atoms with Crippen LogP contribution in [-0.4, -0.2) is 34.2 Å². The van der Waals surface area contributed by atoms with Crippen molar-refractivity contribution in [3.63, 3.8) is 0 Å². The summed E-state index contributed by atoms with van der Waals surface area (Å²) in [6.07, 6.45) is -5.46. The van der Waals surface area contributed by atoms with Crippen LogP contribution in [0.5, 0.6) is 0 Å². The van der Waals surface area contributed by atoms with E-state index in [-0.39, 0.29) is 12.1 Å². The molecule has 0 aromatic heterocycles. The Kier molecular flexibility index (Phi) is 3.41. The zero-order chi connectivity index (χ0) is 19.2. The quantitative estimate of drug-likeness (QED) is 0.750. The van der Waals surface area contributed by atoms with Gasteiger partial charge in [0.15, 0.2) is 0 Å². The van der Waals surface area contributed by atoms with Crippen LogP contribution in [0.25, 0.3) is 0 Å². The van der Waals surface area contributed by atoms with E-state index in [9.17, 15) is 27.9 Å². The van der Waals surface area contributed by atoms with Crippen molar-refractivity contribution in [3.05, 3.63) is 28.8 Å². The number of imide groups is 1. The predicted molar refractivity (Wildman–Crippen MR) is 84.4 cm³/mol. The minimum absolute atomic E-state index is 0.186. The van der Waals surface area contributed by atoms with E-state index in [2.05, 4.69) is 0 Å². The van der Waals surface area contributed by atoms with Gasteiger partial charge in [-0.2, -0.15) is 13.2 Å². The number of ether oxygens (including phenoxy) is 1. The number of carbonyl (C=O) groups excluding carboxylic acids is 2. The van der Waals surface area contributed by atoms with Crippen molar-refractivity contribution in [1.82, 2.24) is 0 Å². The van der Waals surface area contributed by atoms with Gasteiger partial charge in [0.2, 0.25) is 11.8 Å². The third kappa shape index (κ3) is 2.06. The van der Waals surface area contributed by atoms with Crippen LogP contribution in [0.3, 0.4) is 0 Å². The van der Waals surface area contributed by atoms with Crippen molar-refractivity contribution in [2.45, 2.75) is 43.8 Å². The molecule has 26 heavy (non-hydrogen) atoms. The molecule has 0 saturated carbocycles. The highest BCUT2D eigenvalue weighted by atomic mass is 35.5. The molecule has 3 fully saturated rings. The molecule has 4 rings (SSSR count). The zero-order valence-corrected chi connectivity index (χ0v) is 14.6. The lowest BCUT2D eigenvalue weighted by molar-refractivity contribution is -0.138. The summed E-state index contributed by atoms with van der Waals surface area (Å²) in [5.74, 6) is -3.06. The Labute approximate surface area is 151 Å². The van der Waals surface area contributed by atoms with Crippen LogP contribution in [0.4, 0.5) is 18.9 Å². The molecule has 0 aliphatic carbocycles. The number of alkyl halides is 3. The van der Waals surface area contributed by atoms with Crippen LogP contribution in [0.1, 0.15) is 25.8 Å². The van der Waals surface area contributed by atoms with E-state index in [4.69, 9.17) is 16.3 Å². The van der Waals surface area contributed by atoms with Gasteiger partial charge in [-0.1, -0.05) is 11.6 Å². The minimum Gasteiger partial charge on any atom is -0.390 e. The fourth-order valence-electron chi connectivity index (χ4n) is 4.65. The van der Waals surface area contributed by atoms with Crippen LogP contribution < -0.4 is 4.90 Å². The highest BCUT2D eigenvalue weighted by molar-refractivity contribution is 6.31. The van der Waals surface area contributed by atoms with Gasteiger partial charge in [-0.05, 0) is 32.0 Å². The van der Waals surface area contributed by atoms with Crippen LogP contribution in [-0.2, 0) is 20.5 Å². The number of nitrogens with zero attached hydrogens (tertiary/aromatic N) is 1. The number of anilines is 1. The van der Waals surface area contributed by atoms with Crippen molar-refractivity contribution in [1.29, 1.82) is 0 Å². The van der Waals surface area contributed by atoms with Gasteiger partial charge >= 0.3 is 6.18 Å². The standard InChI is InChI=1S/C17H15ClF3NO4/c1-15-6-10(23)16(2,26-15)12-11(15)13(24)22(14(12)25)7-3-4-9(18)8(5-7)17(19,20)21/h3-5,10-12,23H,6H2,1-2H3/t10-,11+,12-,15+,16+/m0/s1. The molecule has 1 N–H and O–H groups in total. The van der Waals surface area contributed by atoms with E-state index >= 15 is 0 Å². The number of halogens is 4.